The van der Waals surface area contributed by atoms with Crippen molar-refractivity contribution in [3.05, 3.63) is 11.4 Å². The number of aromatic nitrogens is 1. The molecule has 0 spiro atoms. The van der Waals surface area contributed by atoms with Crippen LogP contribution in [0.25, 0.3) is 0 Å². The maximum Gasteiger partial charge on any atom is 0.183 e. The lowest BCUT2D eigenvalue weighted by atomic mass is 9.91. The summed E-state index contributed by atoms with van der Waals surface area (Å²) in [6.45, 7) is 16.9. The summed E-state index contributed by atoms with van der Waals surface area (Å²) in [4.78, 5) is 0. The van der Waals surface area contributed by atoms with E-state index in [4.69, 9.17) is 9.47 Å². The van der Waals surface area contributed by atoms with E-state index in [1.165, 1.54) is 11.4 Å². The van der Waals surface area contributed by atoms with Gasteiger partial charge in [-0.25, -0.2) is 0 Å². The van der Waals surface area contributed by atoms with E-state index in [2.05, 4.69) is 60.1 Å². The van der Waals surface area contributed by atoms with Crippen molar-refractivity contribution in [2.45, 2.75) is 59.8 Å². The van der Waals surface area contributed by atoms with Crippen molar-refractivity contribution in [3.8, 4) is 11.5 Å². The lowest BCUT2D eigenvalue weighted by molar-refractivity contribution is 0.137. The smallest absolute Gasteiger partial charge is 0.183 e. The van der Waals surface area contributed by atoms with E-state index in [-0.39, 0.29) is 10.8 Å². The second kappa shape index (κ2) is 4.71. The molecule has 20 heavy (non-hydrogen) atoms. The summed E-state index contributed by atoms with van der Waals surface area (Å²) in [5.74, 6) is 2.32. The molecule has 1 aliphatic heterocycles. The molecule has 0 aromatic carbocycles. The van der Waals surface area contributed by atoms with E-state index >= 15 is 0 Å². The molecule has 0 fully saturated rings. The molecule has 0 saturated carbocycles. The second-order valence-electron chi connectivity index (χ2n) is 8.10. The quantitative estimate of drug-likeness (QED) is 0.767. The minimum atomic E-state index is 0.0316. The molecular weight excluding hydrogens is 250 g/mol. The highest BCUT2D eigenvalue weighted by atomic mass is 16.5. The van der Waals surface area contributed by atoms with Crippen LogP contribution in [-0.2, 0) is 12.5 Å². The Morgan fingerprint density at radius 2 is 1.55 bits per heavy atom. The van der Waals surface area contributed by atoms with E-state index in [9.17, 15) is 0 Å². The minimum absolute atomic E-state index is 0.0316. The Morgan fingerprint density at radius 3 is 2.00 bits per heavy atom. The fourth-order valence-corrected chi connectivity index (χ4v) is 2.99. The first kappa shape index (κ1) is 15.3. The maximum atomic E-state index is 6.19. The predicted molar refractivity (Wildman–Crippen MR) is 83.0 cm³/mol. The normalized spacial score (nSPS) is 18.2. The van der Waals surface area contributed by atoms with Crippen LogP contribution in [0.4, 0.5) is 0 Å². The van der Waals surface area contributed by atoms with Gasteiger partial charge in [-0.3, -0.25) is 0 Å². The lowest BCUT2D eigenvalue weighted by Gasteiger charge is -2.25. The van der Waals surface area contributed by atoms with Crippen molar-refractivity contribution in [1.82, 2.24) is 4.57 Å². The molecule has 114 valence electrons. The Morgan fingerprint density at radius 1 is 1.05 bits per heavy atom. The summed E-state index contributed by atoms with van der Waals surface area (Å²) in [5.41, 5.74) is 2.55. The van der Waals surface area contributed by atoms with Gasteiger partial charge in [0, 0.05) is 17.9 Å². The monoisotopic (exact) mass is 279 g/mol. The van der Waals surface area contributed by atoms with Gasteiger partial charge in [0.2, 0.25) is 0 Å². The van der Waals surface area contributed by atoms with Crippen LogP contribution in [-0.4, -0.2) is 17.8 Å². The number of rotatable bonds is 1. The first-order chi connectivity index (χ1) is 9.04. The van der Waals surface area contributed by atoms with Crippen LogP contribution in [0.1, 0.15) is 65.8 Å². The van der Waals surface area contributed by atoms with Crippen LogP contribution >= 0.6 is 0 Å². The van der Waals surface area contributed by atoms with Crippen molar-refractivity contribution in [1.29, 1.82) is 0 Å². The Labute approximate surface area is 123 Å². The van der Waals surface area contributed by atoms with Crippen molar-refractivity contribution in [3.63, 3.8) is 0 Å². The van der Waals surface area contributed by atoms with Crippen LogP contribution in [0.15, 0.2) is 0 Å². The highest BCUT2D eigenvalue weighted by Gasteiger charge is 2.36. The molecule has 1 aromatic rings. The van der Waals surface area contributed by atoms with Crippen molar-refractivity contribution in [2.24, 2.45) is 12.5 Å². The molecule has 0 aliphatic carbocycles. The third-order valence-electron chi connectivity index (χ3n) is 3.82. The third-order valence-corrected chi connectivity index (χ3v) is 3.82. The molecule has 1 aliphatic rings. The van der Waals surface area contributed by atoms with Gasteiger partial charge in [0.25, 0.3) is 0 Å². The van der Waals surface area contributed by atoms with Crippen LogP contribution < -0.4 is 9.47 Å². The van der Waals surface area contributed by atoms with Gasteiger partial charge in [0.1, 0.15) is 0 Å². The maximum absolute atomic E-state index is 6.19. The molecule has 0 saturated heterocycles. The van der Waals surface area contributed by atoms with Crippen molar-refractivity contribution in [2.75, 3.05) is 13.2 Å². The van der Waals surface area contributed by atoms with Gasteiger partial charge in [0.05, 0.1) is 24.6 Å². The molecule has 1 aromatic heterocycles. The molecule has 0 N–H and O–H groups in total. The Kier molecular flexibility index (Phi) is 3.60. The Hall–Kier alpha value is -1.12. The lowest BCUT2D eigenvalue weighted by Crippen LogP contribution is -2.27. The van der Waals surface area contributed by atoms with Gasteiger partial charge >= 0.3 is 0 Å². The number of ether oxygens (including phenoxy) is 2. The molecular formula is C17H29NO2. The van der Waals surface area contributed by atoms with Gasteiger partial charge < -0.3 is 14.0 Å². The van der Waals surface area contributed by atoms with Gasteiger partial charge in [-0.05, 0) is 5.92 Å². The van der Waals surface area contributed by atoms with Crippen molar-refractivity contribution >= 4 is 0 Å². The second-order valence-corrected chi connectivity index (χ2v) is 8.10. The van der Waals surface area contributed by atoms with Gasteiger partial charge in [-0.15, -0.1) is 0 Å². The summed E-state index contributed by atoms with van der Waals surface area (Å²) in [5, 5.41) is 0. The zero-order chi connectivity index (χ0) is 15.3. The predicted octanol–water partition coefficient (Wildman–Crippen LogP) is 4.24. The van der Waals surface area contributed by atoms with Crippen LogP contribution in [0, 0.1) is 5.41 Å². The van der Waals surface area contributed by atoms with Crippen LogP contribution in [0.3, 0.4) is 0 Å². The molecule has 0 amide bonds. The van der Waals surface area contributed by atoms with Gasteiger partial charge in [-0.2, -0.15) is 0 Å². The average Bonchev–Trinajstić information content (AvgIpc) is 2.47. The van der Waals surface area contributed by atoms with Crippen LogP contribution in [0.5, 0.6) is 11.5 Å². The first-order valence-electron chi connectivity index (χ1n) is 7.53. The number of nitrogens with zero attached hydrogens (tertiary/aromatic N) is 1. The molecule has 0 unspecified atom stereocenters. The van der Waals surface area contributed by atoms with Gasteiger partial charge in [-0.1, -0.05) is 48.5 Å². The largest absolute Gasteiger partial charge is 0.487 e. The zero-order valence-corrected chi connectivity index (χ0v) is 14.3. The molecule has 0 atom stereocenters. The molecule has 2 heterocycles. The van der Waals surface area contributed by atoms with Crippen LogP contribution in [0.2, 0.25) is 0 Å². The molecule has 3 heteroatoms. The fourth-order valence-electron chi connectivity index (χ4n) is 2.99. The molecule has 0 radical (unpaired) electrons. The van der Waals surface area contributed by atoms with E-state index < -0.39 is 0 Å². The summed E-state index contributed by atoms with van der Waals surface area (Å²) in [7, 11) is 2.13. The molecule has 3 nitrogen and oxygen atoms in total. The zero-order valence-electron chi connectivity index (χ0n) is 14.3. The highest BCUT2D eigenvalue weighted by molar-refractivity contribution is 5.54. The fraction of sp³-hybridized carbons (Fsp3) is 0.765. The van der Waals surface area contributed by atoms with Gasteiger partial charge in [0.15, 0.2) is 11.5 Å². The minimum Gasteiger partial charge on any atom is -0.487 e. The number of hydrogen-bond acceptors (Lipinski definition) is 2. The van der Waals surface area contributed by atoms with Crippen molar-refractivity contribution < 1.29 is 9.47 Å². The standard InChI is InChI=1S/C17H29NO2/c1-11(2)12-13-14(15(18(12)8)16(3,4)5)20-10-17(6,7)9-19-13/h11H,9-10H2,1-8H3. The van der Waals surface area contributed by atoms with E-state index in [0.717, 1.165) is 11.5 Å². The van der Waals surface area contributed by atoms with E-state index in [1.807, 2.05) is 0 Å². The summed E-state index contributed by atoms with van der Waals surface area (Å²) >= 11 is 0. The Balaban J connectivity index is 2.63. The summed E-state index contributed by atoms with van der Waals surface area (Å²) < 4.78 is 14.6. The average molecular weight is 279 g/mol. The number of fused-ring (bicyclic) bond motifs is 1. The topological polar surface area (TPSA) is 23.4 Å². The number of hydrogen-bond donors (Lipinski definition) is 0. The SMILES string of the molecule is CC(C)c1c2c(c(C(C)(C)C)n1C)OCC(C)(C)CO2. The summed E-state index contributed by atoms with van der Waals surface area (Å²) in [6.07, 6.45) is 0. The molecule has 2 rings (SSSR count). The van der Waals surface area contributed by atoms with E-state index in [0.29, 0.717) is 19.1 Å². The van der Waals surface area contributed by atoms with E-state index in [1.54, 1.807) is 0 Å². The highest BCUT2D eigenvalue weighted by Crippen LogP contribution is 2.47. The Bertz CT molecular complexity index is 504. The third kappa shape index (κ3) is 2.55. The molecule has 0 bridgehead atoms. The summed E-state index contributed by atoms with van der Waals surface area (Å²) in [6, 6.07) is 0. The first-order valence-corrected chi connectivity index (χ1v) is 7.53.